The van der Waals surface area contributed by atoms with Crippen molar-refractivity contribution in [1.82, 2.24) is 10.3 Å². The van der Waals surface area contributed by atoms with Crippen molar-refractivity contribution in [3.63, 3.8) is 0 Å². The number of H-pyrrole nitrogens is 1. The predicted octanol–water partition coefficient (Wildman–Crippen LogP) is 2.06. The summed E-state index contributed by atoms with van der Waals surface area (Å²) in [6, 6.07) is 4.66. The molecule has 0 aliphatic carbocycles. The molecule has 0 spiro atoms. The highest BCUT2D eigenvalue weighted by atomic mass is 19.1. The van der Waals surface area contributed by atoms with Gasteiger partial charge in [0.15, 0.2) is 0 Å². The minimum atomic E-state index is -0.410. The minimum absolute atomic E-state index is 0.0960. The first-order valence-electron chi connectivity index (χ1n) is 6.28. The number of rotatable bonds is 5. The molecule has 1 amide bonds. The molecule has 2 aromatic rings. The van der Waals surface area contributed by atoms with E-state index >= 15 is 0 Å². The van der Waals surface area contributed by atoms with E-state index in [4.69, 9.17) is 5.11 Å². The summed E-state index contributed by atoms with van der Waals surface area (Å²) in [7, 11) is 0. The zero-order chi connectivity index (χ0) is 13.8. The average Bonchev–Trinajstić information content (AvgIpc) is 2.82. The highest BCUT2D eigenvalue weighted by Crippen LogP contribution is 2.21. The van der Waals surface area contributed by atoms with Crippen molar-refractivity contribution in [1.29, 1.82) is 0 Å². The second-order valence-corrected chi connectivity index (χ2v) is 4.69. The Kier molecular flexibility index (Phi) is 4.16. The van der Waals surface area contributed by atoms with Crippen LogP contribution in [0.15, 0.2) is 24.4 Å². The maximum absolute atomic E-state index is 13.7. The number of amides is 1. The molecule has 0 saturated carbocycles. The molecule has 2 rings (SSSR count). The summed E-state index contributed by atoms with van der Waals surface area (Å²) < 4.78 is 13.7. The van der Waals surface area contributed by atoms with E-state index in [0.717, 1.165) is 0 Å². The van der Waals surface area contributed by atoms with Crippen LogP contribution in [0.4, 0.5) is 4.39 Å². The first-order chi connectivity index (χ1) is 9.13. The topological polar surface area (TPSA) is 65.1 Å². The lowest BCUT2D eigenvalue weighted by Crippen LogP contribution is -2.28. The van der Waals surface area contributed by atoms with Crippen molar-refractivity contribution in [3.05, 3.63) is 35.8 Å². The van der Waals surface area contributed by atoms with E-state index in [0.29, 0.717) is 29.4 Å². The van der Waals surface area contributed by atoms with Crippen LogP contribution in [0.3, 0.4) is 0 Å². The van der Waals surface area contributed by atoms with Crippen molar-refractivity contribution in [2.24, 2.45) is 5.92 Å². The molecule has 0 radical (unpaired) electrons. The molecule has 0 aliphatic heterocycles. The lowest BCUT2D eigenvalue weighted by atomic mass is 10.1. The van der Waals surface area contributed by atoms with Gasteiger partial charge in [0.1, 0.15) is 5.82 Å². The number of aromatic nitrogens is 1. The number of halogens is 1. The third kappa shape index (κ3) is 2.93. The van der Waals surface area contributed by atoms with Gasteiger partial charge in [0.25, 0.3) is 5.91 Å². The van der Waals surface area contributed by atoms with Crippen molar-refractivity contribution < 1.29 is 14.3 Å². The van der Waals surface area contributed by atoms with Crippen LogP contribution in [0.1, 0.15) is 23.7 Å². The normalized spacial score (nSPS) is 12.6. The molecule has 0 fully saturated rings. The van der Waals surface area contributed by atoms with Gasteiger partial charge in [0.2, 0.25) is 0 Å². The van der Waals surface area contributed by atoms with Gasteiger partial charge in [-0.1, -0.05) is 13.0 Å². The maximum Gasteiger partial charge on any atom is 0.253 e. The zero-order valence-corrected chi connectivity index (χ0v) is 10.7. The van der Waals surface area contributed by atoms with E-state index in [1.165, 1.54) is 12.3 Å². The lowest BCUT2D eigenvalue weighted by molar-refractivity contribution is 0.0947. The number of aliphatic hydroxyl groups is 1. The zero-order valence-electron chi connectivity index (χ0n) is 10.7. The fourth-order valence-corrected chi connectivity index (χ4v) is 2.00. The van der Waals surface area contributed by atoms with Gasteiger partial charge in [-0.05, 0) is 24.5 Å². The van der Waals surface area contributed by atoms with Gasteiger partial charge in [0.05, 0.1) is 5.56 Å². The lowest BCUT2D eigenvalue weighted by Gasteiger charge is -2.10. The number of nitrogens with one attached hydrogen (secondary N) is 2. The van der Waals surface area contributed by atoms with Gasteiger partial charge in [-0.3, -0.25) is 4.79 Å². The Morgan fingerprint density at radius 3 is 3.05 bits per heavy atom. The smallest absolute Gasteiger partial charge is 0.253 e. The summed E-state index contributed by atoms with van der Waals surface area (Å²) in [6.45, 7) is 2.49. The van der Waals surface area contributed by atoms with E-state index in [9.17, 15) is 9.18 Å². The summed E-state index contributed by atoms with van der Waals surface area (Å²) >= 11 is 0. The number of carbonyl (C=O) groups excluding carboxylic acids is 1. The Morgan fingerprint density at radius 2 is 2.32 bits per heavy atom. The Hall–Kier alpha value is -1.88. The van der Waals surface area contributed by atoms with Crippen LogP contribution in [0.2, 0.25) is 0 Å². The molecule has 19 heavy (non-hydrogen) atoms. The van der Waals surface area contributed by atoms with Crippen LogP contribution in [0, 0.1) is 11.7 Å². The SMILES string of the molecule is CC(CCO)CNC(=O)c1c[nH]c2cccc(F)c12. The van der Waals surface area contributed by atoms with Crippen LogP contribution in [0.5, 0.6) is 0 Å². The van der Waals surface area contributed by atoms with E-state index in [-0.39, 0.29) is 18.4 Å². The monoisotopic (exact) mass is 264 g/mol. The van der Waals surface area contributed by atoms with Crippen LogP contribution in [-0.4, -0.2) is 29.1 Å². The maximum atomic E-state index is 13.7. The number of aliphatic hydroxyl groups excluding tert-OH is 1. The van der Waals surface area contributed by atoms with Crippen molar-refractivity contribution >= 4 is 16.8 Å². The second-order valence-electron chi connectivity index (χ2n) is 4.69. The summed E-state index contributed by atoms with van der Waals surface area (Å²) in [5, 5.41) is 11.9. The molecular weight excluding hydrogens is 247 g/mol. The number of aromatic amines is 1. The Bertz CT molecular complexity index is 580. The van der Waals surface area contributed by atoms with E-state index in [1.807, 2.05) is 6.92 Å². The van der Waals surface area contributed by atoms with Crippen molar-refractivity contribution in [3.8, 4) is 0 Å². The summed E-state index contributed by atoms with van der Waals surface area (Å²) in [5.41, 5.74) is 0.915. The van der Waals surface area contributed by atoms with E-state index in [1.54, 1.807) is 12.1 Å². The van der Waals surface area contributed by atoms with E-state index < -0.39 is 5.82 Å². The minimum Gasteiger partial charge on any atom is -0.396 e. The van der Waals surface area contributed by atoms with Crippen LogP contribution < -0.4 is 5.32 Å². The standard InChI is InChI=1S/C14H17FN2O2/c1-9(5-6-18)7-17-14(19)10-8-16-12-4-2-3-11(15)13(10)12/h2-4,8-9,16,18H,5-7H2,1H3,(H,17,19). The van der Waals surface area contributed by atoms with Gasteiger partial charge in [-0.2, -0.15) is 0 Å². The molecule has 1 atom stereocenters. The van der Waals surface area contributed by atoms with Gasteiger partial charge in [-0.15, -0.1) is 0 Å². The Morgan fingerprint density at radius 1 is 1.53 bits per heavy atom. The number of benzene rings is 1. The van der Waals surface area contributed by atoms with Gasteiger partial charge < -0.3 is 15.4 Å². The number of fused-ring (bicyclic) bond motifs is 1. The summed E-state index contributed by atoms with van der Waals surface area (Å²) in [4.78, 5) is 14.9. The first-order valence-corrected chi connectivity index (χ1v) is 6.28. The molecule has 0 saturated heterocycles. The van der Waals surface area contributed by atoms with Gasteiger partial charge in [-0.25, -0.2) is 4.39 Å². The third-order valence-electron chi connectivity index (χ3n) is 3.13. The summed E-state index contributed by atoms with van der Waals surface area (Å²) in [6.07, 6.45) is 2.14. The number of hydrogen-bond donors (Lipinski definition) is 3. The fourth-order valence-electron chi connectivity index (χ4n) is 2.00. The van der Waals surface area contributed by atoms with Crippen LogP contribution in [0.25, 0.3) is 10.9 Å². The first kappa shape index (κ1) is 13.5. The summed E-state index contributed by atoms with van der Waals surface area (Å²) in [5.74, 6) is -0.530. The molecule has 102 valence electrons. The predicted molar refractivity (Wildman–Crippen MR) is 71.5 cm³/mol. The number of carbonyl (C=O) groups is 1. The van der Waals surface area contributed by atoms with Gasteiger partial charge in [0, 0.05) is 30.3 Å². The molecule has 0 aliphatic rings. The molecule has 5 heteroatoms. The highest BCUT2D eigenvalue weighted by Gasteiger charge is 2.15. The average molecular weight is 264 g/mol. The van der Waals surface area contributed by atoms with Crippen molar-refractivity contribution in [2.75, 3.05) is 13.2 Å². The van der Waals surface area contributed by atoms with Crippen LogP contribution in [-0.2, 0) is 0 Å². The molecule has 0 bridgehead atoms. The Labute approximate surface area is 110 Å². The van der Waals surface area contributed by atoms with E-state index in [2.05, 4.69) is 10.3 Å². The molecule has 1 unspecified atom stereocenters. The number of hydrogen-bond acceptors (Lipinski definition) is 2. The molecule has 3 N–H and O–H groups in total. The molecular formula is C14H17FN2O2. The third-order valence-corrected chi connectivity index (χ3v) is 3.13. The highest BCUT2D eigenvalue weighted by molar-refractivity contribution is 6.06. The fraction of sp³-hybridized carbons (Fsp3) is 0.357. The molecule has 1 heterocycles. The van der Waals surface area contributed by atoms with Crippen molar-refractivity contribution in [2.45, 2.75) is 13.3 Å². The molecule has 4 nitrogen and oxygen atoms in total. The van der Waals surface area contributed by atoms with Crippen LogP contribution >= 0.6 is 0 Å². The largest absolute Gasteiger partial charge is 0.396 e. The quantitative estimate of drug-likeness (QED) is 0.774. The Balaban J connectivity index is 2.14. The molecule has 1 aromatic heterocycles. The second kappa shape index (κ2) is 5.84. The van der Waals surface area contributed by atoms with Gasteiger partial charge >= 0.3 is 0 Å². The molecule has 1 aromatic carbocycles.